The Morgan fingerprint density at radius 1 is 1.27 bits per heavy atom. The van der Waals surface area contributed by atoms with Crippen LogP contribution in [0.5, 0.6) is 0 Å². The second-order valence-electron chi connectivity index (χ2n) is 6.84. The van der Waals surface area contributed by atoms with E-state index in [1.54, 1.807) is 17.0 Å². The summed E-state index contributed by atoms with van der Waals surface area (Å²) in [6.07, 6.45) is 1.70. The molecule has 1 aromatic carbocycles. The van der Waals surface area contributed by atoms with Crippen LogP contribution in [0, 0.1) is 0 Å². The van der Waals surface area contributed by atoms with Gasteiger partial charge in [0.2, 0.25) is 0 Å². The molecule has 0 saturated heterocycles. The molecule has 1 fully saturated rings. The van der Waals surface area contributed by atoms with Crippen molar-refractivity contribution in [3.63, 3.8) is 0 Å². The van der Waals surface area contributed by atoms with Gasteiger partial charge in [0.15, 0.2) is 0 Å². The second kappa shape index (κ2) is 6.30. The highest BCUT2D eigenvalue weighted by Crippen LogP contribution is 2.35. The summed E-state index contributed by atoms with van der Waals surface area (Å²) in [5.74, 6) is 0. The van der Waals surface area contributed by atoms with Crippen molar-refractivity contribution >= 4 is 18.7 Å². The van der Waals surface area contributed by atoms with Crippen molar-refractivity contribution in [2.45, 2.75) is 58.2 Å². The van der Waals surface area contributed by atoms with E-state index in [4.69, 9.17) is 14.8 Å². The molecule has 1 aliphatic rings. The molecule has 22 heavy (non-hydrogen) atoms. The molecule has 1 saturated carbocycles. The van der Waals surface area contributed by atoms with Gasteiger partial charge in [0.25, 0.3) is 0 Å². The van der Waals surface area contributed by atoms with E-state index in [1.807, 2.05) is 39.8 Å². The van der Waals surface area contributed by atoms with E-state index in [2.05, 4.69) is 0 Å². The highest BCUT2D eigenvalue weighted by Gasteiger charge is 2.38. The first-order chi connectivity index (χ1) is 10.2. The Bertz CT molecular complexity index is 520. The zero-order chi connectivity index (χ0) is 16.5. The Balaban J connectivity index is 2.16. The highest BCUT2D eigenvalue weighted by atomic mass is 16.6. The van der Waals surface area contributed by atoms with Crippen molar-refractivity contribution in [2.24, 2.45) is 0 Å². The minimum absolute atomic E-state index is 0.118. The van der Waals surface area contributed by atoms with Crippen LogP contribution in [0.1, 0.15) is 52.1 Å². The minimum Gasteiger partial charge on any atom is -0.444 e. The number of carbonyl (C=O) groups is 1. The van der Waals surface area contributed by atoms with Gasteiger partial charge in [0, 0.05) is 6.04 Å². The molecule has 0 bridgehead atoms. The molecule has 0 heterocycles. The Kier molecular flexibility index (Phi) is 4.82. The van der Waals surface area contributed by atoms with Gasteiger partial charge in [0.05, 0.1) is 6.04 Å². The van der Waals surface area contributed by atoms with Gasteiger partial charge in [-0.05, 0) is 51.6 Å². The molecule has 6 heteroatoms. The van der Waals surface area contributed by atoms with E-state index in [0.717, 1.165) is 18.4 Å². The van der Waals surface area contributed by atoms with Gasteiger partial charge in [-0.3, -0.25) is 4.90 Å². The number of rotatable bonds is 4. The number of amides is 1. The lowest BCUT2D eigenvalue weighted by Crippen LogP contribution is -2.40. The molecule has 1 atom stereocenters. The second-order valence-corrected chi connectivity index (χ2v) is 6.84. The maximum Gasteiger partial charge on any atom is 0.488 e. The lowest BCUT2D eigenvalue weighted by molar-refractivity contribution is 0.0153. The SMILES string of the molecule is C[C@H](c1ccc(B(O)O)cc1)N(C(=O)OC(C)(C)C)C1CC1. The summed E-state index contributed by atoms with van der Waals surface area (Å²) in [6.45, 7) is 7.54. The first kappa shape index (κ1) is 16.8. The predicted octanol–water partition coefficient (Wildman–Crippen LogP) is 1.83. The molecule has 5 nitrogen and oxygen atoms in total. The standard InChI is InChI=1S/C16H24BNO4/c1-11(12-5-7-13(8-6-12)17(20)21)18(14-9-10-14)15(19)22-16(2,3)4/h5-8,11,14,20-21H,9-10H2,1-4H3/t11-/m1/s1. The van der Waals surface area contributed by atoms with Gasteiger partial charge in [-0.15, -0.1) is 0 Å². The maximum atomic E-state index is 12.5. The van der Waals surface area contributed by atoms with Gasteiger partial charge < -0.3 is 14.8 Å². The van der Waals surface area contributed by atoms with E-state index in [0.29, 0.717) is 5.46 Å². The zero-order valence-corrected chi connectivity index (χ0v) is 13.6. The lowest BCUT2D eigenvalue weighted by atomic mass is 9.80. The Morgan fingerprint density at radius 2 is 1.82 bits per heavy atom. The third-order valence-electron chi connectivity index (χ3n) is 3.68. The maximum absolute atomic E-state index is 12.5. The molecular formula is C16H24BNO4. The van der Waals surface area contributed by atoms with Crippen molar-refractivity contribution < 1.29 is 19.6 Å². The number of carbonyl (C=O) groups excluding carboxylic acids is 1. The Morgan fingerprint density at radius 3 is 2.23 bits per heavy atom. The molecule has 1 aromatic rings. The zero-order valence-electron chi connectivity index (χ0n) is 13.6. The molecule has 120 valence electrons. The van der Waals surface area contributed by atoms with Crippen molar-refractivity contribution in [1.29, 1.82) is 0 Å². The Hall–Kier alpha value is -1.53. The van der Waals surface area contributed by atoms with Crippen molar-refractivity contribution in [3.8, 4) is 0 Å². The fourth-order valence-electron chi connectivity index (χ4n) is 2.40. The van der Waals surface area contributed by atoms with Crippen LogP contribution in [-0.4, -0.2) is 39.8 Å². The van der Waals surface area contributed by atoms with Gasteiger partial charge >= 0.3 is 13.2 Å². The minimum atomic E-state index is -1.48. The summed E-state index contributed by atoms with van der Waals surface area (Å²) in [4.78, 5) is 14.2. The van der Waals surface area contributed by atoms with Gasteiger partial charge in [-0.25, -0.2) is 4.79 Å². The first-order valence-electron chi connectivity index (χ1n) is 7.66. The van der Waals surface area contributed by atoms with Crippen LogP contribution in [0.15, 0.2) is 24.3 Å². The lowest BCUT2D eigenvalue weighted by Gasteiger charge is -2.32. The van der Waals surface area contributed by atoms with E-state index in [9.17, 15) is 4.79 Å². The molecular weight excluding hydrogens is 281 g/mol. The number of benzene rings is 1. The number of ether oxygens (including phenoxy) is 1. The normalized spacial score (nSPS) is 16.1. The van der Waals surface area contributed by atoms with Crippen LogP contribution in [-0.2, 0) is 4.74 Å². The predicted molar refractivity (Wildman–Crippen MR) is 85.8 cm³/mol. The van der Waals surface area contributed by atoms with Crippen LogP contribution in [0.25, 0.3) is 0 Å². The molecule has 0 aliphatic heterocycles. The monoisotopic (exact) mass is 305 g/mol. The van der Waals surface area contributed by atoms with E-state index < -0.39 is 12.7 Å². The summed E-state index contributed by atoms with van der Waals surface area (Å²) >= 11 is 0. The van der Waals surface area contributed by atoms with Crippen LogP contribution < -0.4 is 5.46 Å². The molecule has 0 spiro atoms. The Labute approximate surface area is 132 Å². The largest absolute Gasteiger partial charge is 0.488 e. The van der Waals surface area contributed by atoms with E-state index in [-0.39, 0.29) is 18.2 Å². The van der Waals surface area contributed by atoms with Crippen LogP contribution in [0.3, 0.4) is 0 Å². The van der Waals surface area contributed by atoms with Gasteiger partial charge in [-0.2, -0.15) is 0 Å². The molecule has 2 N–H and O–H groups in total. The first-order valence-corrected chi connectivity index (χ1v) is 7.66. The summed E-state index contributed by atoms with van der Waals surface area (Å²) in [5.41, 5.74) is 0.864. The third kappa shape index (κ3) is 4.24. The average Bonchev–Trinajstić information content (AvgIpc) is 3.21. The van der Waals surface area contributed by atoms with Crippen molar-refractivity contribution in [1.82, 2.24) is 4.90 Å². The van der Waals surface area contributed by atoms with Crippen molar-refractivity contribution in [3.05, 3.63) is 29.8 Å². The van der Waals surface area contributed by atoms with Gasteiger partial charge in [0.1, 0.15) is 5.60 Å². The molecule has 0 unspecified atom stereocenters. The molecule has 0 radical (unpaired) electrons. The van der Waals surface area contributed by atoms with Crippen molar-refractivity contribution in [2.75, 3.05) is 0 Å². The van der Waals surface area contributed by atoms with E-state index in [1.165, 1.54) is 0 Å². The topological polar surface area (TPSA) is 70.0 Å². The van der Waals surface area contributed by atoms with Crippen LogP contribution in [0.2, 0.25) is 0 Å². The third-order valence-corrected chi connectivity index (χ3v) is 3.68. The van der Waals surface area contributed by atoms with E-state index >= 15 is 0 Å². The summed E-state index contributed by atoms with van der Waals surface area (Å²) in [5, 5.41) is 18.3. The highest BCUT2D eigenvalue weighted by molar-refractivity contribution is 6.58. The fourth-order valence-corrected chi connectivity index (χ4v) is 2.40. The fraction of sp³-hybridized carbons (Fsp3) is 0.562. The smallest absolute Gasteiger partial charge is 0.444 e. The summed E-state index contributed by atoms with van der Waals surface area (Å²) in [7, 11) is -1.48. The summed E-state index contributed by atoms with van der Waals surface area (Å²) < 4.78 is 5.51. The molecule has 0 aromatic heterocycles. The summed E-state index contributed by atoms with van der Waals surface area (Å²) in [6, 6.07) is 7.08. The average molecular weight is 305 g/mol. The molecule has 1 aliphatic carbocycles. The van der Waals surface area contributed by atoms with Gasteiger partial charge in [-0.1, -0.05) is 24.3 Å². The number of hydrogen-bond acceptors (Lipinski definition) is 4. The number of hydrogen-bond donors (Lipinski definition) is 2. The quantitative estimate of drug-likeness (QED) is 0.833. The molecule has 2 rings (SSSR count). The number of nitrogens with zero attached hydrogens (tertiary/aromatic N) is 1. The van der Waals surface area contributed by atoms with Crippen LogP contribution in [0.4, 0.5) is 4.79 Å². The van der Waals surface area contributed by atoms with Crippen LogP contribution >= 0.6 is 0 Å². The molecule has 1 amide bonds.